The number of morpholine rings is 1. The molecule has 1 aliphatic heterocycles. The van der Waals surface area contributed by atoms with Crippen molar-refractivity contribution in [3.8, 4) is 0 Å². The highest BCUT2D eigenvalue weighted by atomic mass is 79.9. The molecule has 0 spiro atoms. The number of benzene rings is 2. The van der Waals surface area contributed by atoms with E-state index in [1.807, 2.05) is 24.3 Å². The van der Waals surface area contributed by atoms with E-state index in [9.17, 15) is 4.39 Å². The molecular formula is C19H16BrFN2O. The predicted octanol–water partition coefficient (Wildman–Crippen LogP) is 4.71. The van der Waals surface area contributed by atoms with Gasteiger partial charge in [0.1, 0.15) is 11.9 Å². The van der Waals surface area contributed by atoms with Crippen molar-refractivity contribution in [2.45, 2.75) is 6.10 Å². The van der Waals surface area contributed by atoms with Crippen LogP contribution in [0.3, 0.4) is 0 Å². The second-order valence-electron chi connectivity index (χ2n) is 5.82. The Morgan fingerprint density at radius 3 is 2.92 bits per heavy atom. The average Bonchev–Trinajstić information content (AvgIpc) is 2.61. The van der Waals surface area contributed by atoms with E-state index in [0.717, 1.165) is 34.2 Å². The summed E-state index contributed by atoms with van der Waals surface area (Å²) in [5, 5.41) is 0.965. The third-order valence-corrected chi connectivity index (χ3v) is 5.06. The van der Waals surface area contributed by atoms with E-state index >= 15 is 0 Å². The molecule has 0 radical (unpaired) electrons. The molecule has 0 N–H and O–H groups in total. The third-order valence-electron chi connectivity index (χ3n) is 4.34. The van der Waals surface area contributed by atoms with Gasteiger partial charge in [0.15, 0.2) is 0 Å². The molecule has 0 saturated carbocycles. The largest absolute Gasteiger partial charge is 0.370 e. The van der Waals surface area contributed by atoms with Crippen molar-refractivity contribution in [2.24, 2.45) is 0 Å². The van der Waals surface area contributed by atoms with Crippen LogP contribution in [0.15, 0.2) is 59.2 Å². The Labute approximate surface area is 148 Å². The summed E-state index contributed by atoms with van der Waals surface area (Å²) in [6.45, 7) is 2.20. The SMILES string of the molecule is Fc1ccc2c(N3CCOC(c4ccccc4Br)C3)ccnc2c1. The Hall–Kier alpha value is -1.98. The summed E-state index contributed by atoms with van der Waals surface area (Å²) in [6, 6.07) is 14.9. The van der Waals surface area contributed by atoms with Crippen molar-refractivity contribution in [1.29, 1.82) is 0 Å². The average molecular weight is 387 g/mol. The first-order valence-electron chi connectivity index (χ1n) is 7.87. The second kappa shape index (κ2) is 6.49. The molecule has 1 aromatic heterocycles. The van der Waals surface area contributed by atoms with Crippen molar-refractivity contribution in [1.82, 2.24) is 4.98 Å². The minimum atomic E-state index is -0.264. The number of rotatable bonds is 2. The first-order chi connectivity index (χ1) is 11.7. The van der Waals surface area contributed by atoms with Crippen LogP contribution < -0.4 is 4.90 Å². The monoisotopic (exact) mass is 386 g/mol. The van der Waals surface area contributed by atoms with Gasteiger partial charge in [-0.2, -0.15) is 0 Å². The topological polar surface area (TPSA) is 25.4 Å². The van der Waals surface area contributed by atoms with Gasteiger partial charge in [0.25, 0.3) is 0 Å². The van der Waals surface area contributed by atoms with Crippen LogP contribution in [-0.2, 0) is 4.74 Å². The van der Waals surface area contributed by atoms with E-state index < -0.39 is 0 Å². The molecule has 4 rings (SSSR count). The lowest BCUT2D eigenvalue weighted by Gasteiger charge is -2.35. The van der Waals surface area contributed by atoms with Gasteiger partial charge in [-0.1, -0.05) is 34.1 Å². The summed E-state index contributed by atoms with van der Waals surface area (Å²) < 4.78 is 20.5. The van der Waals surface area contributed by atoms with E-state index in [2.05, 4.69) is 31.9 Å². The van der Waals surface area contributed by atoms with E-state index in [-0.39, 0.29) is 11.9 Å². The van der Waals surface area contributed by atoms with Crippen molar-refractivity contribution in [3.63, 3.8) is 0 Å². The number of ether oxygens (including phenoxy) is 1. The Morgan fingerprint density at radius 2 is 2.04 bits per heavy atom. The van der Waals surface area contributed by atoms with E-state index in [4.69, 9.17) is 4.74 Å². The van der Waals surface area contributed by atoms with Gasteiger partial charge >= 0.3 is 0 Å². The minimum Gasteiger partial charge on any atom is -0.370 e. The first kappa shape index (κ1) is 15.5. The molecule has 2 aromatic carbocycles. The molecule has 1 atom stereocenters. The van der Waals surface area contributed by atoms with Gasteiger partial charge < -0.3 is 9.64 Å². The lowest BCUT2D eigenvalue weighted by atomic mass is 10.1. The highest BCUT2D eigenvalue weighted by Gasteiger charge is 2.24. The van der Waals surface area contributed by atoms with Crippen molar-refractivity contribution in [3.05, 3.63) is 70.6 Å². The predicted molar refractivity (Wildman–Crippen MR) is 96.7 cm³/mol. The Morgan fingerprint density at radius 1 is 1.17 bits per heavy atom. The molecule has 5 heteroatoms. The van der Waals surface area contributed by atoms with E-state index in [0.29, 0.717) is 12.1 Å². The fourth-order valence-corrected chi connectivity index (χ4v) is 3.71. The van der Waals surface area contributed by atoms with E-state index in [1.165, 1.54) is 12.1 Å². The zero-order valence-electron chi connectivity index (χ0n) is 13.0. The number of hydrogen-bond donors (Lipinski definition) is 0. The highest BCUT2D eigenvalue weighted by Crippen LogP contribution is 2.33. The summed E-state index contributed by atoms with van der Waals surface area (Å²) in [5.74, 6) is -0.264. The summed E-state index contributed by atoms with van der Waals surface area (Å²) in [4.78, 5) is 6.57. The maximum atomic E-state index is 13.5. The Kier molecular flexibility index (Phi) is 4.21. The minimum absolute atomic E-state index is 0.00186. The lowest BCUT2D eigenvalue weighted by Crippen LogP contribution is -2.38. The molecule has 24 heavy (non-hydrogen) atoms. The molecule has 1 fully saturated rings. The maximum Gasteiger partial charge on any atom is 0.125 e. The van der Waals surface area contributed by atoms with Crippen molar-refractivity contribution >= 4 is 32.5 Å². The molecule has 2 heterocycles. The Bertz CT molecular complexity index is 886. The van der Waals surface area contributed by atoms with Gasteiger partial charge in [0.2, 0.25) is 0 Å². The van der Waals surface area contributed by atoms with Gasteiger partial charge in [0.05, 0.1) is 12.1 Å². The van der Waals surface area contributed by atoms with Crippen LogP contribution >= 0.6 is 15.9 Å². The molecule has 122 valence electrons. The number of pyridine rings is 1. The normalized spacial score (nSPS) is 18.1. The van der Waals surface area contributed by atoms with Crippen LogP contribution in [0.1, 0.15) is 11.7 Å². The summed E-state index contributed by atoms with van der Waals surface area (Å²) in [7, 11) is 0. The van der Waals surface area contributed by atoms with Crippen LogP contribution in [0.4, 0.5) is 10.1 Å². The van der Waals surface area contributed by atoms with Gasteiger partial charge in [-0.05, 0) is 29.8 Å². The number of nitrogens with zero attached hydrogens (tertiary/aromatic N) is 2. The van der Waals surface area contributed by atoms with Crippen molar-refractivity contribution in [2.75, 3.05) is 24.6 Å². The van der Waals surface area contributed by atoms with Gasteiger partial charge in [-0.3, -0.25) is 4.98 Å². The fraction of sp³-hybridized carbons (Fsp3) is 0.211. The van der Waals surface area contributed by atoms with Crippen LogP contribution in [0.25, 0.3) is 10.9 Å². The number of fused-ring (bicyclic) bond motifs is 1. The lowest BCUT2D eigenvalue weighted by molar-refractivity contribution is 0.0394. The molecule has 1 unspecified atom stereocenters. The molecular weight excluding hydrogens is 371 g/mol. The maximum absolute atomic E-state index is 13.5. The number of aromatic nitrogens is 1. The van der Waals surface area contributed by atoms with Crippen LogP contribution in [0.2, 0.25) is 0 Å². The highest BCUT2D eigenvalue weighted by molar-refractivity contribution is 9.10. The first-order valence-corrected chi connectivity index (χ1v) is 8.67. The summed E-state index contributed by atoms with van der Waals surface area (Å²) in [6.07, 6.45) is 1.73. The zero-order valence-corrected chi connectivity index (χ0v) is 14.5. The van der Waals surface area contributed by atoms with Crippen LogP contribution in [0.5, 0.6) is 0 Å². The van der Waals surface area contributed by atoms with Gasteiger partial charge in [0, 0.05) is 40.9 Å². The standard InChI is InChI=1S/C19H16BrFN2O/c20-16-4-2-1-3-14(16)19-12-23(9-10-24-19)18-7-8-22-17-11-13(21)5-6-15(17)18/h1-8,11,19H,9-10,12H2. The smallest absolute Gasteiger partial charge is 0.125 e. The van der Waals surface area contributed by atoms with Gasteiger partial charge in [-0.15, -0.1) is 0 Å². The van der Waals surface area contributed by atoms with Crippen molar-refractivity contribution < 1.29 is 9.13 Å². The third kappa shape index (κ3) is 2.89. The van der Waals surface area contributed by atoms with Gasteiger partial charge in [-0.25, -0.2) is 4.39 Å². The number of anilines is 1. The molecule has 0 amide bonds. The Balaban J connectivity index is 1.69. The summed E-state index contributed by atoms with van der Waals surface area (Å²) >= 11 is 3.61. The second-order valence-corrected chi connectivity index (χ2v) is 6.67. The van der Waals surface area contributed by atoms with E-state index in [1.54, 1.807) is 12.3 Å². The molecule has 0 bridgehead atoms. The van der Waals surface area contributed by atoms with Crippen LogP contribution in [-0.4, -0.2) is 24.7 Å². The number of hydrogen-bond acceptors (Lipinski definition) is 3. The zero-order chi connectivity index (χ0) is 16.5. The quantitative estimate of drug-likeness (QED) is 0.637. The molecule has 3 aromatic rings. The fourth-order valence-electron chi connectivity index (χ4n) is 3.17. The van der Waals surface area contributed by atoms with Crippen LogP contribution in [0, 0.1) is 5.82 Å². The molecule has 1 saturated heterocycles. The molecule has 1 aliphatic rings. The summed E-state index contributed by atoms with van der Waals surface area (Å²) in [5.41, 5.74) is 2.89. The molecule has 3 nitrogen and oxygen atoms in total. The number of halogens is 2. The molecule has 0 aliphatic carbocycles.